The zero-order chi connectivity index (χ0) is 16.4. The molecule has 0 saturated heterocycles. The molecular weight excluding hydrogens is 284 g/mol. The molecule has 0 aliphatic heterocycles. The Morgan fingerprint density at radius 3 is 2.17 bits per heavy atom. The van der Waals surface area contributed by atoms with Crippen molar-refractivity contribution in [3.05, 3.63) is 72.3 Å². The van der Waals surface area contributed by atoms with Crippen LogP contribution in [-0.4, -0.2) is 11.6 Å². The summed E-state index contributed by atoms with van der Waals surface area (Å²) in [5, 5.41) is 2.15. The van der Waals surface area contributed by atoms with E-state index in [0.29, 0.717) is 5.56 Å². The van der Waals surface area contributed by atoms with Gasteiger partial charge < -0.3 is 4.74 Å². The van der Waals surface area contributed by atoms with E-state index in [2.05, 4.69) is 30.3 Å². The van der Waals surface area contributed by atoms with Gasteiger partial charge in [0.05, 0.1) is 5.56 Å². The molecule has 0 heterocycles. The number of benzene rings is 3. The molecule has 0 saturated carbocycles. The summed E-state index contributed by atoms with van der Waals surface area (Å²) in [6, 6.07) is 22.2. The van der Waals surface area contributed by atoms with Crippen molar-refractivity contribution in [1.82, 2.24) is 0 Å². The SMILES string of the molecule is CC(C)(C)OC(=O)c1ccc2ccc(-c3ccccc3)cc2c1. The fourth-order valence-corrected chi connectivity index (χ4v) is 2.52. The first-order valence-corrected chi connectivity index (χ1v) is 7.75. The molecule has 23 heavy (non-hydrogen) atoms. The van der Waals surface area contributed by atoms with Gasteiger partial charge >= 0.3 is 5.97 Å². The summed E-state index contributed by atoms with van der Waals surface area (Å²) in [5.41, 5.74) is 2.40. The highest BCUT2D eigenvalue weighted by molar-refractivity contribution is 5.96. The molecule has 0 amide bonds. The highest BCUT2D eigenvalue weighted by atomic mass is 16.6. The van der Waals surface area contributed by atoms with Crippen LogP contribution in [0.25, 0.3) is 21.9 Å². The molecule has 2 heteroatoms. The molecule has 0 aromatic heterocycles. The van der Waals surface area contributed by atoms with Crippen molar-refractivity contribution in [3.8, 4) is 11.1 Å². The van der Waals surface area contributed by atoms with Crippen LogP contribution in [0, 0.1) is 0 Å². The molecule has 3 rings (SSSR count). The van der Waals surface area contributed by atoms with Gasteiger partial charge in [-0.1, -0.05) is 48.5 Å². The normalized spacial score (nSPS) is 11.4. The summed E-state index contributed by atoms with van der Waals surface area (Å²) >= 11 is 0. The summed E-state index contributed by atoms with van der Waals surface area (Å²) < 4.78 is 5.45. The Labute approximate surface area is 136 Å². The van der Waals surface area contributed by atoms with E-state index in [-0.39, 0.29) is 5.97 Å². The summed E-state index contributed by atoms with van der Waals surface area (Å²) in [4.78, 5) is 12.2. The van der Waals surface area contributed by atoms with Crippen LogP contribution in [0.1, 0.15) is 31.1 Å². The van der Waals surface area contributed by atoms with Gasteiger partial charge in [-0.05, 0) is 60.9 Å². The van der Waals surface area contributed by atoms with Gasteiger partial charge in [-0.25, -0.2) is 4.79 Å². The van der Waals surface area contributed by atoms with Crippen molar-refractivity contribution >= 4 is 16.7 Å². The number of ether oxygens (including phenoxy) is 1. The first-order chi connectivity index (χ1) is 10.9. The average Bonchev–Trinajstić information content (AvgIpc) is 2.53. The van der Waals surface area contributed by atoms with Crippen LogP contribution in [0.5, 0.6) is 0 Å². The number of carbonyl (C=O) groups is 1. The van der Waals surface area contributed by atoms with Crippen molar-refractivity contribution in [2.45, 2.75) is 26.4 Å². The Bertz CT molecular complexity index is 843. The number of hydrogen-bond acceptors (Lipinski definition) is 2. The van der Waals surface area contributed by atoms with Crippen LogP contribution in [0.15, 0.2) is 66.7 Å². The molecule has 0 aliphatic rings. The average molecular weight is 304 g/mol. The Morgan fingerprint density at radius 2 is 1.48 bits per heavy atom. The molecule has 0 radical (unpaired) electrons. The van der Waals surface area contributed by atoms with Gasteiger partial charge in [0.2, 0.25) is 0 Å². The topological polar surface area (TPSA) is 26.3 Å². The van der Waals surface area contributed by atoms with Crippen LogP contribution >= 0.6 is 0 Å². The monoisotopic (exact) mass is 304 g/mol. The predicted molar refractivity (Wildman–Crippen MR) is 94.6 cm³/mol. The number of esters is 1. The molecule has 2 nitrogen and oxygen atoms in total. The number of fused-ring (bicyclic) bond motifs is 1. The third-order valence-electron chi connectivity index (χ3n) is 3.58. The zero-order valence-corrected chi connectivity index (χ0v) is 13.7. The number of hydrogen-bond donors (Lipinski definition) is 0. The molecule has 0 unspecified atom stereocenters. The van der Waals surface area contributed by atoms with E-state index in [1.807, 2.05) is 57.2 Å². The summed E-state index contributed by atoms with van der Waals surface area (Å²) in [5.74, 6) is -0.287. The minimum absolute atomic E-state index is 0.287. The minimum atomic E-state index is -0.488. The third-order valence-corrected chi connectivity index (χ3v) is 3.58. The quantitative estimate of drug-likeness (QED) is 0.587. The fourth-order valence-electron chi connectivity index (χ4n) is 2.52. The minimum Gasteiger partial charge on any atom is -0.456 e. The second kappa shape index (κ2) is 5.88. The lowest BCUT2D eigenvalue weighted by Crippen LogP contribution is -2.23. The van der Waals surface area contributed by atoms with Crippen LogP contribution in [0.3, 0.4) is 0 Å². The van der Waals surface area contributed by atoms with Gasteiger partial charge in [0.25, 0.3) is 0 Å². The molecule has 0 spiro atoms. The molecule has 116 valence electrons. The maximum absolute atomic E-state index is 12.2. The molecule has 0 N–H and O–H groups in total. The van der Waals surface area contributed by atoms with Crippen LogP contribution < -0.4 is 0 Å². The smallest absolute Gasteiger partial charge is 0.338 e. The van der Waals surface area contributed by atoms with Crippen molar-refractivity contribution < 1.29 is 9.53 Å². The molecule has 3 aromatic carbocycles. The largest absolute Gasteiger partial charge is 0.456 e. The van der Waals surface area contributed by atoms with Gasteiger partial charge in [0.15, 0.2) is 0 Å². The van der Waals surface area contributed by atoms with Crippen molar-refractivity contribution in [3.63, 3.8) is 0 Å². The van der Waals surface area contributed by atoms with E-state index in [0.717, 1.165) is 21.9 Å². The predicted octanol–water partition coefficient (Wildman–Crippen LogP) is 5.46. The molecule has 0 atom stereocenters. The van der Waals surface area contributed by atoms with E-state index in [1.54, 1.807) is 0 Å². The number of rotatable bonds is 2. The second-order valence-corrected chi connectivity index (χ2v) is 6.64. The van der Waals surface area contributed by atoms with E-state index in [9.17, 15) is 4.79 Å². The second-order valence-electron chi connectivity index (χ2n) is 6.64. The Kier molecular flexibility index (Phi) is 3.91. The number of carbonyl (C=O) groups excluding carboxylic acids is 1. The van der Waals surface area contributed by atoms with Crippen molar-refractivity contribution in [1.29, 1.82) is 0 Å². The highest BCUT2D eigenvalue weighted by Crippen LogP contribution is 2.25. The van der Waals surface area contributed by atoms with Crippen molar-refractivity contribution in [2.75, 3.05) is 0 Å². The summed E-state index contributed by atoms with van der Waals surface area (Å²) in [7, 11) is 0. The summed E-state index contributed by atoms with van der Waals surface area (Å²) in [6.07, 6.45) is 0. The lowest BCUT2D eigenvalue weighted by Gasteiger charge is -2.19. The van der Waals surface area contributed by atoms with E-state index < -0.39 is 5.60 Å². The maximum atomic E-state index is 12.2. The van der Waals surface area contributed by atoms with E-state index in [4.69, 9.17) is 4.74 Å². The Balaban J connectivity index is 2.00. The first kappa shape index (κ1) is 15.3. The first-order valence-electron chi connectivity index (χ1n) is 7.75. The van der Waals surface area contributed by atoms with Gasteiger partial charge in [-0.3, -0.25) is 0 Å². The van der Waals surface area contributed by atoms with Gasteiger partial charge in [0.1, 0.15) is 5.60 Å². The Morgan fingerprint density at radius 1 is 0.783 bits per heavy atom. The zero-order valence-electron chi connectivity index (χ0n) is 13.7. The van der Waals surface area contributed by atoms with Crippen molar-refractivity contribution in [2.24, 2.45) is 0 Å². The molecule has 0 aliphatic carbocycles. The van der Waals surface area contributed by atoms with Crippen LogP contribution in [0.4, 0.5) is 0 Å². The maximum Gasteiger partial charge on any atom is 0.338 e. The molecule has 0 fully saturated rings. The molecular formula is C21H20O2. The fraction of sp³-hybridized carbons (Fsp3) is 0.190. The van der Waals surface area contributed by atoms with Crippen LogP contribution in [0.2, 0.25) is 0 Å². The van der Waals surface area contributed by atoms with Gasteiger partial charge in [0, 0.05) is 0 Å². The van der Waals surface area contributed by atoms with Gasteiger partial charge in [-0.15, -0.1) is 0 Å². The van der Waals surface area contributed by atoms with E-state index >= 15 is 0 Å². The molecule has 0 bridgehead atoms. The van der Waals surface area contributed by atoms with Crippen LogP contribution in [-0.2, 0) is 4.74 Å². The lowest BCUT2D eigenvalue weighted by atomic mass is 10.00. The molecule has 3 aromatic rings. The third kappa shape index (κ3) is 3.59. The van der Waals surface area contributed by atoms with Gasteiger partial charge in [-0.2, -0.15) is 0 Å². The summed E-state index contributed by atoms with van der Waals surface area (Å²) in [6.45, 7) is 5.62. The Hall–Kier alpha value is -2.61. The lowest BCUT2D eigenvalue weighted by molar-refractivity contribution is 0.00697. The van der Waals surface area contributed by atoms with E-state index in [1.165, 1.54) is 0 Å². The highest BCUT2D eigenvalue weighted by Gasteiger charge is 2.18. The standard InChI is InChI=1S/C21H20O2/c1-21(2,3)23-20(22)18-12-10-16-9-11-17(13-19(16)14-18)15-7-5-4-6-8-15/h4-14H,1-3H3.